The van der Waals surface area contributed by atoms with Crippen LogP contribution < -0.4 is 19.5 Å². The standard InChI is InChI=1S/C16H16F3N3O5S/c1-26-13-8-10(5-6-12(13)22-28(2,24)25)21-14(23)11-4-3-7-20-15(11)27-9-16(17,18)19/h3-8,22H,9H2,1-2H3,(H,21,23). The van der Waals surface area contributed by atoms with Crippen LogP contribution in [-0.4, -0.2) is 45.5 Å². The number of alkyl halides is 3. The van der Waals surface area contributed by atoms with Crippen molar-refractivity contribution in [1.29, 1.82) is 0 Å². The zero-order valence-electron chi connectivity index (χ0n) is 14.7. The highest BCUT2D eigenvalue weighted by Gasteiger charge is 2.29. The molecule has 1 aromatic heterocycles. The smallest absolute Gasteiger partial charge is 0.422 e. The highest BCUT2D eigenvalue weighted by atomic mass is 32.2. The van der Waals surface area contributed by atoms with Crippen molar-refractivity contribution < 1.29 is 35.9 Å². The Bertz CT molecular complexity index is 964. The number of methoxy groups -OCH3 is 1. The summed E-state index contributed by atoms with van der Waals surface area (Å²) in [5.41, 5.74) is 0.161. The first-order chi connectivity index (χ1) is 13.0. The van der Waals surface area contributed by atoms with Gasteiger partial charge in [-0.05, 0) is 24.3 Å². The van der Waals surface area contributed by atoms with E-state index in [-0.39, 0.29) is 22.7 Å². The molecule has 0 saturated carbocycles. The normalized spacial score (nSPS) is 11.6. The number of aromatic nitrogens is 1. The molecule has 28 heavy (non-hydrogen) atoms. The summed E-state index contributed by atoms with van der Waals surface area (Å²) in [4.78, 5) is 16.1. The predicted molar refractivity (Wildman–Crippen MR) is 95.2 cm³/mol. The number of hydrogen-bond acceptors (Lipinski definition) is 6. The van der Waals surface area contributed by atoms with E-state index in [2.05, 4.69) is 19.8 Å². The molecule has 0 atom stereocenters. The molecule has 1 heterocycles. The van der Waals surface area contributed by atoms with Crippen molar-refractivity contribution in [3.63, 3.8) is 0 Å². The van der Waals surface area contributed by atoms with Crippen LogP contribution in [0.15, 0.2) is 36.5 Å². The highest BCUT2D eigenvalue weighted by Crippen LogP contribution is 2.29. The van der Waals surface area contributed by atoms with Gasteiger partial charge in [0.25, 0.3) is 5.91 Å². The molecule has 152 valence electrons. The zero-order valence-corrected chi connectivity index (χ0v) is 15.5. The molecule has 1 aromatic carbocycles. The second-order valence-corrected chi connectivity index (χ2v) is 7.25. The number of hydrogen-bond donors (Lipinski definition) is 2. The van der Waals surface area contributed by atoms with Crippen LogP contribution in [-0.2, 0) is 10.0 Å². The number of carbonyl (C=O) groups is 1. The van der Waals surface area contributed by atoms with Gasteiger partial charge < -0.3 is 14.8 Å². The highest BCUT2D eigenvalue weighted by molar-refractivity contribution is 7.92. The first-order valence-electron chi connectivity index (χ1n) is 7.60. The van der Waals surface area contributed by atoms with Crippen LogP contribution in [0.5, 0.6) is 11.6 Å². The summed E-state index contributed by atoms with van der Waals surface area (Å²) >= 11 is 0. The fourth-order valence-electron chi connectivity index (χ4n) is 2.08. The minimum atomic E-state index is -4.58. The van der Waals surface area contributed by atoms with Gasteiger partial charge in [0.1, 0.15) is 11.3 Å². The summed E-state index contributed by atoms with van der Waals surface area (Å²) in [6, 6.07) is 6.72. The lowest BCUT2D eigenvalue weighted by Gasteiger charge is -2.14. The molecule has 0 aliphatic carbocycles. The van der Waals surface area contributed by atoms with Crippen molar-refractivity contribution in [2.45, 2.75) is 6.18 Å². The van der Waals surface area contributed by atoms with Gasteiger partial charge in [-0.1, -0.05) is 0 Å². The third-order valence-corrected chi connectivity index (χ3v) is 3.73. The van der Waals surface area contributed by atoms with Gasteiger partial charge in [0.05, 0.1) is 19.1 Å². The van der Waals surface area contributed by atoms with E-state index in [0.29, 0.717) is 0 Å². The summed E-state index contributed by atoms with van der Waals surface area (Å²) in [6.45, 7) is -1.59. The minimum absolute atomic E-state index is 0.128. The van der Waals surface area contributed by atoms with E-state index in [1.54, 1.807) is 0 Å². The molecule has 0 saturated heterocycles. The first kappa shape index (κ1) is 21.3. The maximum Gasteiger partial charge on any atom is 0.422 e. The number of carbonyl (C=O) groups excluding carboxylic acids is 1. The van der Waals surface area contributed by atoms with Crippen LogP contribution in [0.2, 0.25) is 0 Å². The van der Waals surface area contributed by atoms with Crippen molar-refractivity contribution in [1.82, 2.24) is 4.98 Å². The van der Waals surface area contributed by atoms with Gasteiger partial charge in [-0.15, -0.1) is 0 Å². The maximum absolute atomic E-state index is 12.4. The molecule has 8 nitrogen and oxygen atoms in total. The fraction of sp³-hybridized carbons (Fsp3) is 0.250. The number of pyridine rings is 1. The van der Waals surface area contributed by atoms with Crippen molar-refractivity contribution >= 4 is 27.3 Å². The second kappa shape index (κ2) is 8.33. The van der Waals surface area contributed by atoms with Crippen LogP contribution in [0.1, 0.15) is 10.4 Å². The van der Waals surface area contributed by atoms with Gasteiger partial charge in [0.15, 0.2) is 6.61 Å². The molecule has 12 heteroatoms. The molecular weight excluding hydrogens is 403 g/mol. The molecule has 0 spiro atoms. The molecule has 2 aromatic rings. The lowest BCUT2D eigenvalue weighted by molar-refractivity contribution is -0.154. The largest absolute Gasteiger partial charge is 0.494 e. The van der Waals surface area contributed by atoms with Crippen LogP contribution >= 0.6 is 0 Å². The Morgan fingerprint density at radius 3 is 2.57 bits per heavy atom. The Morgan fingerprint density at radius 1 is 1.25 bits per heavy atom. The third-order valence-electron chi connectivity index (χ3n) is 3.14. The molecule has 0 radical (unpaired) electrons. The number of halogens is 3. The molecule has 0 unspecified atom stereocenters. The predicted octanol–water partition coefficient (Wildman–Crippen LogP) is 2.66. The van der Waals surface area contributed by atoms with Crippen molar-refractivity contribution in [3.05, 3.63) is 42.1 Å². The average Bonchev–Trinajstić information content (AvgIpc) is 2.59. The summed E-state index contributed by atoms with van der Waals surface area (Å²) < 4.78 is 71.6. The Morgan fingerprint density at radius 2 is 1.96 bits per heavy atom. The SMILES string of the molecule is COc1cc(NC(=O)c2cccnc2OCC(F)(F)F)ccc1NS(C)(=O)=O. The Kier molecular flexibility index (Phi) is 6.33. The number of sulfonamides is 1. The van der Waals surface area contributed by atoms with Crippen molar-refractivity contribution in [2.75, 3.05) is 30.0 Å². The third kappa shape index (κ3) is 6.30. The van der Waals surface area contributed by atoms with Crippen LogP contribution in [0, 0.1) is 0 Å². The number of nitrogens with one attached hydrogen (secondary N) is 2. The van der Waals surface area contributed by atoms with E-state index < -0.39 is 34.6 Å². The summed E-state index contributed by atoms with van der Waals surface area (Å²) in [5.74, 6) is -1.11. The summed E-state index contributed by atoms with van der Waals surface area (Å²) in [7, 11) is -2.24. The molecule has 1 amide bonds. The second-order valence-electron chi connectivity index (χ2n) is 5.50. The van der Waals surface area contributed by atoms with Gasteiger partial charge in [-0.3, -0.25) is 9.52 Å². The molecule has 0 bridgehead atoms. The van der Waals surface area contributed by atoms with Crippen molar-refractivity contribution in [3.8, 4) is 11.6 Å². The van der Waals surface area contributed by atoms with E-state index in [0.717, 1.165) is 6.26 Å². The molecular formula is C16H16F3N3O5S. The van der Waals surface area contributed by atoms with Crippen LogP contribution in [0.25, 0.3) is 0 Å². The van der Waals surface area contributed by atoms with E-state index in [9.17, 15) is 26.4 Å². The van der Waals surface area contributed by atoms with Crippen LogP contribution in [0.3, 0.4) is 0 Å². The van der Waals surface area contributed by atoms with E-state index in [4.69, 9.17) is 4.74 Å². The lowest BCUT2D eigenvalue weighted by atomic mass is 10.2. The number of amides is 1. The quantitative estimate of drug-likeness (QED) is 0.715. The van der Waals surface area contributed by atoms with Crippen LogP contribution in [0.4, 0.5) is 24.5 Å². The average molecular weight is 419 g/mol. The first-order valence-corrected chi connectivity index (χ1v) is 9.49. The Labute approximate surface area is 158 Å². The van der Waals surface area contributed by atoms with Gasteiger partial charge in [-0.25, -0.2) is 13.4 Å². The number of benzene rings is 1. The van der Waals surface area contributed by atoms with E-state index in [1.165, 1.54) is 43.6 Å². The van der Waals surface area contributed by atoms with Gasteiger partial charge in [0, 0.05) is 18.0 Å². The van der Waals surface area contributed by atoms with Gasteiger partial charge in [-0.2, -0.15) is 13.2 Å². The fourth-order valence-corrected chi connectivity index (χ4v) is 2.65. The summed E-state index contributed by atoms with van der Waals surface area (Å²) in [5, 5.41) is 2.46. The van der Waals surface area contributed by atoms with E-state index in [1.807, 2.05) is 0 Å². The number of nitrogens with zero attached hydrogens (tertiary/aromatic N) is 1. The van der Waals surface area contributed by atoms with Crippen molar-refractivity contribution in [2.24, 2.45) is 0 Å². The van der Waals surface area contributed by atoms with Gasteiger partial charge in [0.2, 0.25) is 15.9 Å². The number of ether oxygens (including phenoxy) is 2. The summed E-state index contributed by atoms with van der Waals surface area (Å²) in [6.07, 6.45) is -2.43. The zero-order chi connectivity index (χ0) is 20.9. The number of anilines is 2. The molecule has 0 aliphatic rings. The lowest BCUT2D eigenvalue weighted by Crippen LogP contribution is -2.22. The molecule has 2 rings (SSSR count). The van der Waals surface area contributed by atoms with E-state index >= 15 is 0 Å². The van der Waals surface area contributed by atoms with Gasteiger partial charge >= 0.3 is 6.18 Å². The molecule has 0 fully saturated rings. The Hall–Kier alpha value is -3.02. The molecule has 2 N–H and O–H groups in total. The maximum atomic E-state index is 12.4. The Balaban J connectivity index is 2.21. The molecule has 0 aliphatic heterocycles. The monoisotopic (exact) mass is 419 g/mol. The minimum Gasteiger partial charge on any atom is -0.494 e. The number of rotatable bonds is 7. The topological polar surface area (TPSA) is 107 Å².